The van der Waals surface area contributed by atoms with Gasteiger partial charge in [0.25, 0.3) is 0 Å². The van der Waals surface area contributed by atoms with Crippen molar-refractivity contribution in [2.24, 2.45) is 0 Å². The summed E-state index contributed by atoms with van der Waals surface area (Å²) in [6, 6.07) is 0. The minimum absolute atomic E-state index is 0.641. The molecule has 0 aliphatic heterocycles. The maximum Gasteiger partial charge on any atom is 0.0669 e. The molecule has 0 saturated carbocycles. The molecule has 1 nitrogen and oxygen atoms in total. The molecule has 258 valence electrons. The van der Waals surface area contributed by atoms with E-state index in [2.05, 4.69) is 112 Å². The van der Waals surface area contributed by atoms with Crippen LogP contribution in [0, 0.1) is 0 Å². The molecular formula is C41H77NS2. The summed E-state index contributed by atoms with van der Waals surface area (Å²) in [6.45, 7) is 7.00. The van der Waals surface area contributed by atoms with E-state index in [9.17, 15) is 0 Å². The Bertz CT molecular complexity index is 666. The third kappa shape index (κ3) is 33.0. The second-order valence-corrected chi connectivity index (χ2v) is 15.7. The Kier molecular flexibility index (Phi) is 36.8. The molecule has 0 rings (SSSR count). The third-order valence-corrected chi connectivity index (χ3v) is 11.4. The van der Waals surface area contributed by atoms with Crippen LogP contribution in [0.5, 0.6) is 0 Å². The quantitative estimate of drug-likeness (QED) is 0.0389. The van der Waals surface area contributed by atoms with Gasteiger partial charge < -0.3 is 0 Å². The van der Waals surface area contributed by atoms with Gasteiger partial charge in [-0.1, -0.05) is 146 Å². The number of nitrogens with zero attached hydrogens (tertiary/aromatic N) is 1. The van der Waals surface area contributed by atoms with Crippen LogP contribution in [-0.2, 0) is 0 Å². The molecule has 0 saturated heterocycles. The molecule has 0 N–H and O–H groups in total. The van der Waals surface area contributed by atoms with Crippen LogP contribution in [-0.4, -0.2) is 41.1 Å². The van der Waals surface area contributed by atoms with Gasteiger partial charge in [0.15, 0.2) is 0 Å². The van der Waals surface area contributed by atoms with Crippen LogP contribution in [0.25, 0.3) is 0 Å². The van der Waals surface area contributed by atoms with E-state index in [4.69, 9.17) is 0 Å². The van der Waals surface area contributed by atoms with Gasteiger partial charge in [-0.3, -0.25) is 4.90 Å². The van der Waals surface area contributed by atoms with Crippen molar-refractivity contribution in [2.75, 3.05) is 25.6 Å². The first-order valence-electron chi connectivity index (χ1n) is 19.1. The highest BCUT2D eigenvalue weighted by Gasteiger charge is 2.19. The van der Waals surface area contributed by atoms with Gasteiger partial charge >= 0.3 is 0 Å². The number of thioether (sulfide) groups is 2. The summed E-state index contributed by atoms with van der Waals surface area (Å²) < 4.78 is 0. The fourth-order valence-corrected chi connectivity index (χ4v) is 8.24. The second kappa shape index (κ2) is 37.1. The Balaban J connectivity index is 3.62. The van der Waals surface area contributed by atoms with Gasteiger partial charge in [0.1, 0.15) is 0 Å². The van der Waals surface area contributed by atoms with Crippen LogP contribution in [0.1, 0.15) is 175 Å². The van der Waals surface area contributed by atoms with Crippen molar-refractivity contribution in [1.29, 1.82) is 0 Å². The molecule has 0 amide bonds. The molecule has 2 unspecified atom stereocenters. The maximum absolute atomic E-state index is 2.45. The van der Waals surface area contributed by atoms with Crippen molar-refractivity contribution in [2.45, 2.75) is 185 Å². The van der Waals surface area contributed by atoms with Crippen molar-refractivity contribution in [3.8, 4) is 0 Å². The summed E-state index contributed by atoms with van der Waals surface area (Å²) in [4.78, 5) is 2.45. The lowest BCUT2D eigenvalue weighted by atomic mass is 10.1. The summed E-state index contributed by atoms with van der Waals surface area (Å²) in [6.07, 6.45) is 51.0. The average Bonchev–Trinajstić information content (AvgIpc) is 3.01. The number of hydrogen-bond donors (Lipinski definition) is 0. The van der Waals surface area contributed by atoms with E-state index in [1.165, 1.54) is 153 Å². The van der Waals surface area contributed by atoms with Crippen LogP contribution in [0.2, 0.25) is 0 Å². The summed E-state index contributed by atoms with van der Waals surface area (Å²) in [5.74, 6) is 2.64. The smallest absolute Gasteiger partial charge is 0.0669 e. The monoisotopic (exact) mass is 648 g/mol. The highest BCUT2D eigenvalue weighted by atomic mass is 32.2. The molecule has 3 heteroatoms. The maximum atomic E-state index is 2.45. The number of allylic oxidation sites excluding steroid dienone is 8. The fourth-order valence-electron chi connectivity index (χ4n) is 5.44. The highest BCUT2D eigenvalue weighted by molar-refractivity contribution is 8.03. The van der Waals surface area contributed by atoms with Crippen LogP contribution in [0.15, 0.2) is 48.6 Å². The normalized spacial score (nSPS) is 14.0. The van der Waals surface area contributed by atoms with E-state index >= 15 is 0 Å². The Hall–Kier alpha value is -0.380. The van der Waals surface area contributed by atoms with Crippen LogP contribution in [0.3, 0.4) is 0 Å². The van der Waals surface area contributed by atoms with Crippen LogP contribution < -0.4 is 0 Å². The molecule has 0 aliphatic carbocycles. The second-order valence-electron chi connectivity index (χ2n) is 13.0. The molecule has 44 heavy (non-hydrogen) atoms. The van der Waals surface area contributed by atoms with Gasteiger partial charge in [-0.2, -0.15) is 11.8 Å². The molecule has 2 atom stereocenters. The van der Waals surface area contributed by atoms with Crippen molar-refractivity contribution in [3.63, 3.8) is 0 Å². The minimum atomic E-state index is 0.641. The lowest BCUT2D eigenvalue weighted by molar-refractivity contribution is 0.381. The predicted octanol–water partition coefficient (Wildman–Crippen LogP) is 14.4. The van der Waals surface area contributed by atoms with E-state index in [0.29, 0.717) is 10.6 Å². The zero-order valence-electron chi connectivity index (χ0n) is 30.4. The van der Waals surface area contributed by atoms with Gasteiger partial charge in [0.2, 0.25) is 0 Å². The molecular weight excluding hydrogens is 571 g/mol. The van der Waals surface area contributed by atoms with Crippen molar-refractivity contribution >= 4 is 23.5 Å². The number of rotatable bonds is 34. The van der Waals surface area contributed by atoms with Crippen molar-refractivity contribution < 1.29 is 0 Å². The Morgan fingerprint density at radius 2 is 0.773 bits per heavy atom. The van der Waals surface area contributed by atoms with E-state index in [-0.39, 0.29) is 0 Å². The molecule has 0 aromatic heterocycles. The Morgan fingerprint density at radius 1 is 0.432 bits per heavy atom. The van der Waals surface area contributed by atoms with E-state index in [1.54, 1.807) is 0 Å². The third-order valence-electron chi connectivity index (χ3n) is 8.27. The molecule has 0 heterocycles. The Morgan fingerprint density at radius 3 is 1.16 bits per heavy atom. The van der Waals surface area contributed by atoms with Crippen LogP contribution in [0.4, 0.5) is 0 Å². The standard InChI is InChI=1S/C41H77NS2/c1-6-8-10-12-14-16-18-20-22-24-26-28-30-32-34-36-38-43-40(3)41(42(4)5)44-39-37-35-33-31-29-27-25-23-21-19-17-15-13-11-9-7-2/h14-17,20-23,40-41H,6-13,18-19,24-39H2,1-5H3/b16-14-,17-15-,22-20-,23-21-. The molecule has 0 aromatic rings. The first-order chi connectivity index (χ1) is 21.6. The topological polar surface area (TPSA) is 3.24 Å². The number of hydrogen-bond acceptors (Lipinski definition) is 3. The zero-order valence-corrected chi connectivity index (χ0v) is 32.1. The minimum Gasteiger partial charge on any atom is -0.297 e. The first-order valence-corrected chi connectivity index (χ1v) is 21.2. The van der Waals surface area contributed by atoms with Crippen molar-refractivity contribution in [3.05, 3.63) is 48.6 Å². The summed E-state index contributed by atoms with van der Waals surface area (Å²) in [5.41, 5.74) is 0. The van der Waals surface area contributed by atoms with E-state index in [0.717, 1.165) is 12.8 Å². The van der Waals surface area contributed by atoms with Gasteiger partial charge in [-0.05, 0) is 103 Å². The average molecular weight is 648 g/mol. The molecule has 0 aliphatic rings. The zero-order chi connectivity index (χ0) is 32.2. The molecule has 0 aromatic carbocycles. The predicted molar refractivity (Wildman–Crippen MR) is 211 cm³/mol. The largest absolute Gasteiger partial charge is 0.297 e. The molecule has 0 fully saturated rings. The van der Waals surface area contributed by atoms with E-state index < -0.39 is 0 Å². The first kappa shape index (κ1) is 43.6. The van der Waals surface area contributed by atoms with Gasteiger partial charge in [-0.25, -0.2) is 0 Å². The van der Waals surface area contributed by atoms with Gasteiger partial charge in [0, 0.05) is 5.25 Å². The SMILES string of the molecule is CCCCC/C=C\C/C=C\CCCCCCCCSC(C)C(SCCCCCCCC/C=C\C/C=C\CCCCC)N(C)C. The summed E-state index contributed by atoms with van der Waals surface area (Å²) >= 11 is 4.40. The Labute approximate surface area is 287 Å². The molecule has 0 spiro atoms. The van der Waals surface area contributed by atoms with E-state index in [1.807, 2.05) is 0 Å². The molecule has 0 radical (unpaired) electrons. The summed E-state index contributed by atoms with van der Waals surface area (Å²) in [5, 5.41) is 1.35. The van der Waals surface area contributed by atoms with Gasteiger partial charge in [-0.15, -0.1) is 11.8 Å². The van der Waals surface area contributed by atoms with Crippen molar-refractivity contribution in [1.82, 2.24) is 4.90 Å². The van der Waals surface area contributed by atoms with Gasteiger partial charge in [0.05, 0.1) is 5.37 Å². The molecule has 0 bridgehead atoms. The van der Waals surface area contributed by atoms with Crippen LogP contribution >= 0.6 is 23.5 Å². The highest BCUT2D eigenvalue weighted by Crippen LogP contribution is 2.28. The fraction of sp³-hybridized carbons (Fsp3) is 0.805. The lowest BCUT2D eigenvalue weighted by Gasteiger charge is -2.29. The summed E-state index contributed by atoms with van der Waals surface area (Å²) in [7, 11) is 4.54. The lowest BCUT2D eigenvalue weighted by Crippen LogP contribution is -2.33. The number of unbranched alkanes of at least 4 members (excludes halogenated alkanes) is 18.